The van der Waals surface area contributed by atoms with Crippen LogP contribution in [0.4, 0.5) is 4.79 Å². The SMILES string of the molecule is COC(=O)NS(=O)(=O)Oc1ccc(C(C)(C)C)cc1C(C)(C)C. The topological polar surface area (TPSA) is 81.7 Å². The Kier molecular flexibility index (Phi) is 5.36. The number of benzene rings is 1. The fraction of sp³-hybridized carbons (Fsp3) is 0.562. The molecule has 1 N–H and O–H groups in total. The van der Waals surface area contributed by atoms with E-state index in [9.17, 15) is 13.2 Å². The van der Waals surface area contributed by atoms with Crippen molar-refractivity contribution in [2.75, 3.05) is 7.11 Å². The monoisotopic (exact) mass is 343 g/mol. The van der Waals surface area contributed by atoms with Gasteiger partial charge in [-0.3, -0.25) is 0 Å². The van der Waals surface area contributed by atoms with Gasteiger partial charge in [0.05, 0.1) is 7.11 Å². The zero-order valence-electron chi connectivity index (χ0n) is 14.7. The minimum Gasteiger partial charge on any atom is -0.452 e. The number of carbonyl (C=O) groups is 1. The maximum absolute atomic E-state index is 11.9. The molecule has 1 rings (SSSR count). The Bertz CT molecular complexity index is 681. The van der Waals surface area contributed by atoms with E-state index in [0.29, 0.717) is 0 Å². The van der Waals surface area contributed by atoms with Gasteiger partial charge < -0.3 is 8.92 Å². The van der Waals surface area contributed by atoms with Crippen LogP contribution in [-0.2, 0) is 25.9 Å². The van der Waals surface area contributed by atoms with Crippen molar-refractivity contribution in [2.24, 2.45) is 0 Å². The molecule has 0 fully saturated rings. The molecular weight excluding hydrogens is 318 g/mol. The molecule has 7 heteroatoms. The summed E-state index contributed by atoms with van der Waals surface area (Å²) in [5, 5.41) is 0. The molecule has 0 spiro atoms. The first-order chi connectivity index (χ1) is 10.3. The second-order valence-electron chi connectivity index (χ2n) is 7.34. The highest BCUT2D eigenvalue weighted by molar-refractivity contribution is 7.85. The maximum atomic E-state index is 11.9. The van der Waals surface area contributed by atoms with Gasteiger partial charge in [-0.05, 0) is 22.5 Å². The first-order valence-electron chi connectivity index (χ1n) is 7.21. The van der Waals surface area contributed by atoms with Crippen LogP contribution in [0.15, 0.2) is 18.2 Å². The molecule has 0 saturated heterocycles. The highest BCUT2D eigenvalue weighted by atomic mass is 32.2. The lowest BCUT2D eigenvalue weighted by molar-refractivity contribution is 0.177. The van der Waals surface area contributed by atoms with Gasteiger partial charge in [-0.2, -0.15) is 13.1 Å². The first-order valence-corrected chi connectivity index (χ1v) is 8.62. The quantitative estimate of drug-likeness (QED) is 0.911. The Morgan fingerprint density at radius 3 is 2.04 bits per heavy atom. The summed E-state index contributed by atoms with van der Waals surface area (Å²) in [5.41, 5.74) is 1.38. The molecule has 0 atom stereocenters. The molecule has 23 heavy (non-hydrogen) atoms. The third kappa shape index (κ3) is 5.42. The molecule has 0 aromatic heterocycles. The minimum absolute atomic E-state index is 0.0817. The van der Waals surface area contributed by atoms with Crippen LogP contribution in [0.25, 0.3) is 0 Å². The lowest BCUT2D eigenvalue weighted by atomic mass is 9.80. The van der Waals surface area contributed by atoms with Crippen LogP contribution >= 0.6 is 0 Å². The number of ether oxygens (including phenoxy) is 1. The van der Waals surface area contributed by atoms with Crippen LogP contribution in [0.1, 0.15) is 52.7 Å². The molecular formula is C16H25NO5S. The molecule has 0 saturated carbocycles. The number of amides is 1. The van der Waals surface area contributed by atoms with Crippen molar-refractivity contribution in [2.45, 2.75) is 52.4 Å². The van der Waals surface area contributed by atoms with Crippen LogP contribution in [0.3, 0.4) is 0 Å². The number of nitrogens with one attached hydrogen (secondary N) is 1. The van der Waals surface area contributed by atoms with Gasteiger partial charge in [0, 0.05) is 5.56 Å². The summed E-state index contributed by atoms with van der Waals surface area (Å²) in [7, 11) is -3.23. The van der Waals surface area contributed by atoms with E-state index >= 15 is 0 Å². The van der Waals surface area contributed by atoms with Crippen molar-refractivity contribution in [3.8, 4) is 5.75 Å². The minimum atomic E-state index is -4.30. The van der Waals surface area contributed by atoms with Gasteiger partial charge in [0.1, 0.15) is 5.75 Å². The molecule has 0 heterocycles. The molecule has 0 bridgehead atoms. The van der Waals surface area contributed by atoms with E-state index in [4.69, 9.17) is 4.18 Å². The fourth-order valence-electron chi connectivity index (χ4n) is 1.94. The van der Waals surface area contributed by atoms with E-state index in [1.807, 2.05) is 32.9 Å². The maximum Gasteiger partial charge on any atom is 0.423 e. The van der Waals surface area contributed by atoms with E-state index in [1.54, 1.807) is 10.8 Å². The standard InChI is InChI=1S/C16H25NO5S/c1-15(2,3)11-8-9-13(12(10-11)16(4,5)6)22-23(19,20)17-14(18)21-7/h8-10H,1-7H3,(H,17,18). The van der Waals surface area contributed by atoms with E-state index in [0.717, 1.165) is 18.2 Å². The second-order valence-corrected chi connectivity index (χ2v) is 8.62. The zero-order valence-corrected chi connectivity index (χ0v) is 15.5. The predicted octanol–water partition coefficient (Wildman–Crippen LogP) is 3.26. The summed E-state index contributed by atoms with van der Waals surface area (Å²) in [5.74, 6) is 0.182. The third-order valence-corrected chi connectivity index (χ3v) is 4.06. The van der Waals surface area contributed by atoms with Crippen LogP contribution in [0.5, 0.6) is 5.75 Å². The van der Waals surface area contributed by atoms with E-state index in [1.165, 1.54) is 0 Å². The largest absolute Gasteiger partial charge is 0.452 e. The van der Waals surface area contributed by atoms with Crippen LogP contribution in [0.2, 0.25) is 0 Å². The number of methoxy groups -OCH3 is 1. The van der Waals surface area contributed by atoms with Crippen molar-refractivity contribution >= 4 is 16.4 Å². The van der Waals surface area contributed by atoms with Crippen molar-refractivity contribution in [1.82, 2.24) is 4.72 Å². The molecule has 1 amide bonds. The molecule has 0 aliphatic heterocycles. The number of rotatable bonds is 3. The smallest absolute Gasteiger partial charge is 0.423 e. The molecule has 0 aliphatic carbocycles. The summed E-state index contributed by atoms with van der Waals surface area (Å²) in [6.07, 6.45) is -1.10. The van der Waals surface area contributed by atoms with Crippen molar-refractivity contribution in [1.29, 1.82) is 0 Å². The van der Waals surface area contributed by atoms with E-state index in [-0.39, 0.29) is 16.6 Å². The lowest BCUT2D eigenvalue weighted by Gasteiger charge is -2.26. The Labute approximate surface area is 138 Å². The van der Waals surface area contributed by atoms with Crippen LogP contribution in [-0.4, -0.2) is 21.6 Å². The van der Waals surface area contributed by atoms with Gasteiger partial charge in [-0.15, -0.1) is 0 Å². The van der Waals surface area contributed by atoms with Crippen molar-refractivity contribution in [3.63, 3.8) is 0 Å². The van der Waals surface area contributed by atoms with Gasteiger partial charge in [-0.1, -0.05) is 53.7 Å². The van der Waals surface area contributed by atoms with E-state index < -0.39 is 16.4 Å². The molecule has 0 unspecified atom stereocenters. The van der Waals surface area contributed by atoms with Gasteiger partial charge in [0.15, 0.2) is 0 Å². The van der Waals surface area contributed by atoms with Crippen molar-refractivity contribution < 1.29 is 22.1 Å². The average molecular weight is 343 g/mol. The first kappa shape index (κ1) is 19.3. The fourth-order valence-corrected chi connectivity index (χ4v) is 2.65. The van der Waals surface area contributed by atoms with Gasteiger partial charge in [0.2, 0.25) is 0 Å². The Morgan fingerprint density at radius 2 is 1.61 bits per heavy atom. The zero-order chi connectivity index (χ0) is 18.1. The average Bonchev–Trinajstić information content (AvgIpc) is 2.35. The molecule has 0 aliphatic rings. The van der Waals surface area contributed by atoms with E-state index in [2.05, 4.69) is 25.5 Å². The normalized spacial score (nSPS) is 12.7. The number of hydrogen-bond acceptors (Lipinski definition) is 5. The van der Waals surface area contributed by atoms with Crippen LogP contribution in [0, 0.1) is 0 Å². The molecule has 130 valence electrons. The summed E-state index contributed by atoms with van der Waals surface area (Å²) in [6.45, 7) is 12.1. The van der Waals surface area contributed by atoms with Crippen LogP contribution < -0.4 is 8.91 Å². The number of hydrogen-bond donors (Lipinski definition) is 1. The predicted molar refractivity (Wildman–Crippen MR) is 88.9 cm³/mol. The van der Waals surface area contributed by atoms with Gasteiger partial charge in [-0.25, -0.2) is 4.79 Å². The summed E-state index contributed by atoms with van der Waals surface area (Å²) >= 11 is 0. The molecule has 1 aromatic carbocycles. The highest BCUT2D eigenvalue weighted by Crippen LogP contribution is 2.35. The van der Waals surface area contributed by atoms with Gasteiger partial charge in [0.25, 0.3) is 0 Å². The van der Waals surface area contributed by atoms with Gasteiger partial charge >= 0.3 is 16.4 Å². The Balaban J connectivity index is 3.29. The highest BCUT2D eigenvalue weighted by Gasteiger charge is 2.26. The number of carbonyl (C=O) groups excluding carboxylic acids is 1. The molecule has 6 nitrogen and oxygen atoms in total. The summed E-state index contributed by atoms with van der Waals surface area (Å²) in [6, 6.07) is 5.36. The summed E-state index contributed by atoms with van der Waals surface area (Å²) < 4.78 is 34.8. The second kappa shape index (κ2) is 6.39. The Morgan fingerprint density at radius 1 is 1.04 bits per heavy atom. The molecule has 1 aromatic rings. The Hall–Kier alpha value is -1.76. The lowest BCUT2D eigenvalue weighted by Crippen LogP contribution is -2.34. The summed E-state index contributed by atoms with van der Waals surface area (Å²) in [4.78, 5) is 11.1. The van der Waals surface area contributed by atoms with Crippen molar-refractivity contribution in [3.05, 3.63) is 29.3 Å². The third-order valence-electron chi connectivity index (χ3n) is 3.25. The molecule has 0 radical (unpaired) electrons.